The largest absolute Gasteiger partial charge is 0.495 e. The van der Waals surface area contributed by atoms with Gasteiger partial charge in [0.05, 0.1) is 17.7 Å². The summed E-state index contributed by atoms with van der Waals surface area (Å²) in [5.41, 5.74) is 0.428. The number of halogens is 1. The fourth-order valence-corrected chi connectivity index (χ4v) is 3.95. The van der Waals surface area contributed by atoms with Gasteiger partial charge in [0, 0.05) is 18.0 Å². The molecule has 6 nitrogen and oxygen atoms in total. The first-order valence-corrected chi connectivity index (χ1v) is 10.4. The Morgan fingerprint density at radius 1 is 1.04 bits per heavy atom. The van der Waals surface area contributed by atoms with Gasteiger partial charge < -0.3 is 10.1 Å². The van der Waals surface area contributed by atoms with Crippen LogP contribution in [0.4, 0.5) is 5.69 Å². The third kappa shape index (κ3) is 4.81. The number of carbonyl (C=O) groups excluding carboxylic acids is 1. The summed E-state index contributed by atoms with van der Waals surface area (Å²) in [6.45, 7) is -0.0378. The van der Waals surface area contributed by atoms with E-state index in [9.17, 15) is 13.2 Å². The van der Waals surface area contributed by atoms with Crippen molar-refractivity contribution < 1.29 is 17.9 Å². The van der Waals surface area contributed by atoms with E-state index in [1.54, 1.807) is 36.4 Å². The minimum absolute atomic E-state index is 0.0378. The average Bonchev–Trinajstić information content (AvgIpc) is 2.67. The predicted octanol–water partition coefficient (Wildman–Crippen LogP) is 3.81. The highest BCUT2D eigenvalue weighted by Gasteiger charge is 2.15. The molecule has 0 aliphatic rings. The highest BCUT2D eigenvalue weighted by molar-refractivity contribution is 7.89. The van der Waals surface area contributed by atoms with Crippen molar-refractivity contribution in [2.75, 3.05) is 19.0 Å². The molecular weight excluding hydrogens is 400 g/mol. The second kappa shape index (κ2) is 8.60. The number of amides is 1. The summed E-state index contributed by atoms with van der Waals surface area (Å²) >= 11 is 5.93. The molecule has 3 aromatic rings. The van der Waals surface area contributed by atoms with Crippen LogP contribution in [0, 0.1) is 0 Å². The molecule has 0 spiro atoms. The lowest BCUT2D eigenvalue weighted by Gasteiger charge is -2.11. The molecule has 28 heavy (non-hydrogen) atoms. The molecule has 0 atom stereocenters. The van der Waals surface area contributed by atoms with Crippen molar-refractivity contribution in [1.29, 1.82) is 0 Å². The van der Waals surface area contributed by atoms with Crippen LogP contribution in [0.1, 0.15) is 6.42 Å². The average molecular weight is 419 g/mol. The predicted molar refractivity (Wildman–Crippen MR) is 110 cm³/mol. The number of carbonyl (C=O) groups is 1. The van der Waals surface area contributed by atoms with E-state index in [1.807, 2.05) is 24.3 Å². The Labute approximate surface area is 168 Å². The molecule has 0 aromatic heterocycles. The zero-order valence-corrected chi connectivity index (χ0v) is 16.7. The molecule has 1 amide bonds. The van der Waals surface area contributed by atoms with Crippen molar-refractivity contribution in [3.8, 4) is 5.75 Å². The Hall–Kier alpha value is -2.61. The van der Waals surface area contributed by atoms with E-state index in [0.29, 0.717) is 16.5 Å². The molecule has 3 rings (SSSR count). The number of fused-ring (bicyclic) bond motifs is 1. The fraction of sp³-hybridized carbons (Fsp3) is 0.150. The minimum Gasteiger partial charge on any atom is -0.495 e. The van der Waals surface area contributed by atoms with Crippen LogP contribution in [0.15, 0.2) is 65.6 Å². The summed E-state index contributed by atoms with van der Waals surface area (Å²) in [6.07, 6.45) is -0.0392. The molecule has 0 saturated carbocycles. The van der Waals surface area contributed by atoms with Crippen LogP contribution in [-0.2, 0) is 14.8 Å². The van der Waals surface area contributed by atoms with Gasteiger partial charge in [-0.2, -0.15) is 0 Å². The van der Waals surface area contributed by atoms with E-state index in [2.05, 4.69) is 10.0 Å². The van der Waals surface area contributed by atoms with Crippen molar-refractivity contribution in [2.24, 2.45) is 0 Å². The smallest absolute Gasteiger partial charge is 0.240 e. The molecule has 0 bridgehead atoms. The fourth-order valence-electron chi connectivity index (χ4n) is 2.71. The first-order chi connectivity index (χ1) is 13.4. The maximum Gasteiger partial charge on any atom is 0.240 e. The normalized spacial score (nSPS) is 11.4. The monoisotopic (exact) mass is 418 g/mol. The number of hydrogen-bond acceptors (Lipinski definition) is 4. The topological polar surface area (TPSA) is 84.5 Å². The number of rotatable bonds is 7. The van der Waals surface area contributed by atoms with Crippen LogP contribution < -0.4 is 14.8 Å². The second-order valence-corrected chi connectivity index (χ2v) is 8.25. The lowest BCUT2D eigenvalue weighted by molar-refractivity contribution is -0.116. The zero-order valence-electron chi connectivity index (χ0n) is 15.1. The van der Waals surface area contributed by atoms with Gasteiger partial charge in [-0.1, -0.05) is 41.9 Å². The third-order valence-electron chi connectivity index (χ3n) is 4.11. The molecule has 2 N–H and O–H groups in total. The van der Waals surface area contributed by atoms with Crippen LogP contribution in [0.3, 0.4) is 0 Å². The SMILES string of the molecule is COc1ccc(Cl)cc1NC(=O)CCNS(=O)(=O)c1ccc2ccccc2c1. The lowest BCUT2D eigenvalue weighted by atomic mass is 10.1. The summed E-state index contributed by atoms with van der Waals surface area (Å²) in [5.74, 6) is 0.108. The Balaban J connectivity index is 1.61. The highest BCUT2D eigenvalue weighted by atomic mass is 35.5. The summed E-state index contributed by atoms with van der Waals surface area (Å²) in [6, 6.07) is 17.3. The summed E-state index contributed by atoms with van der Waals surface area (Å²) in [4.78, 5) is 12.3. The van der Waals surface area contributed by atoms with E-state index < -0.39 is 10.0 Å². The van der Waals surface area contributed by atoms with Gasteiger partial charge in [0.1, 0.15) is 5.75 Å². The molecule has 0 saturated heterocycles. The maximum atomic E-state index is 12.5. The number of hydrogen-bond donors (Lipinski definition) is 2. The first-order valence-electron chi connectivity index (χ1n) is 8.51. The molecular formula is C20H19ClN2O4S. The Morgan fingerprint density at radius 2 is 1.79 bits per heavy atom. The number of ether oxygens (including phenoxy) is 1. The van der Waals surface area contributed by atoms with E-state index >= 15 is 0 Å². The van der Waals surface area contributed by atoms with Crippen LogP contribution in [0.5, 0.6) is 5.75 Å². The van der Waals surface area contributed by atoms with Crippen molar-refractivity contribution >= 4 is 44.0 Å². The molecule has 146 valence electrons. The molecule has 0 heterocycles. The second-order valence-electron chi connectivity index (χ2n) is 6.05. The number of benzene rings is 3. The molecule has 0 aliphatic carbocycles. The third-order valence-corrected chi connectivity index (χ3v) is 5.80. The van der Waals surface area contributed by atoms with Crippen LogP contribution in [-0.4, -0.2) is 28.0 Å². The van der Waals surface area contributed by atoms with Crippen molar-refractivity contribution in [1.82, 2.24) is 4.72 Å². The summed E-state index contributed by atoms with van der Waals surface area (Å²) in [7, 11) is -2.23. The van der Waals surface area contributed by atoms with Crippen molar-refractivity contribution in [3.05, 3.63) is 65.7 Å². The standard InChI is InChI=1S/C20H19ClN2O4S/c1-27-19-9-7-16(21)13-18(19)23-20(24)10-11-22-28(25,26)17-8-6-14-4-2-3-5-15(14)12-17/h2-9,12-13,22H,10-11H2,1H3,(H,23,24). The van der Waals surface area contributed by atoms with Crippen LogP contribution in [0.2, 0.25) is 5.02 Å². The number of methoxy groups -OCH3 is 1. The molecule has 0 aliphatic heterocycles. The molecule has 0 fully saturated rings. The molecule has 0 radical (unpaired) electrons. The Kier molecular flexibility index (Phi) is 6.18. The van der Waals surface area contributed by atoms with Gasteiger partial charge in [-0.3, -0.25) is 4.79 Å². The number of nitrogens with one attached hydrogen (secondary N) is 2. The molecule has 0 unspecified atom stereocenters. The Morgan fingerprint density at radius 3 is 2.54 bits per heavy atom. The van der Waals surface area contributed by atoms with Gasteiger partial charge in [0.2, 0.25) is 15.9 Å². The van der Waals surface area contributed by atoms with Gasteiger partial charge in [0.25, 0.3) is 0 Å². The van der Waals surface area contributed by atoms with E-state index in [1.165, 1.54) is 7.11 Å². The molecule has 3 aromatic carbocycles. The molecule has 8 heteroatoms. The van der Waals surface area contributed by atoms with Gasteiger partial charge in [-0.15, -0.1) is 0 Å². The number of sulfonamides is 1. The quantitative estimate of drug-likeness (QED) is 0.611. The number of anilines is 1. The zero-order chi connectivity index (χ0) is 20.1. The van der Waals surface area contributed by atoms with E-state index in [-0.39, 0.29) is 23.8 Å². The van der Waals surface area contributed by atoms with E-state index in [0.717, 1.165) is 10.8 Å². The Bertz CT molecular complexity index is 1120. The first kappa shape index (κ1) is 20.1. The summed E-state index contributed by atoms with van der Waals surface area (Å²) in [5, 5.41) is 4.91. The van der Waals surface area contributed by atoms with Crippen LogP contribution in [0.25, 0.3) is 10.8 Å². The van der Waals surface area contributed by atoms with Gasteiger partial charge in [-0.05, 0) is 41.1 Å². The van der Waals surface area contributed by atoms with Gasteiger partial charge in [0.15, 0.2) is 0 Å². The maximum absolute atomic E-state index is 12.5. The summed E-state index contributed by atoms with van der Waals surface area (Å²) < 4.78 is 32.6. The van der Waals surface area contributed by atoms with Gasteiger partial charge >= 0.3 is 0 Å². The van der Waals surface area contributed by atoms with E-state index in [4.69, 9.17) is 16.3 Å². The van der Waals surface area contributed by atoms with Crippen molar-refractivity contribution in [2.45, 2.75) is 11.3 Å². The van der Waals surface area contributed by atoms with Crippen LogP contribution >= 0.6 is 11.6 Å². The lowest BCUT2D eigenvalue weighted by Crippen LogP contribution is -2.27. The highest BCUT2D eigenvalue weighted by Crippen LogP contribution is 2.27. The van der Waals surface area contributed by atoms with Gasteiger partial charge in [-0.25, -0.2) is 13.1 Å². The van der Waals surface area contributed by atoms with Crippen molar-refractivity contribution in [3.63, 3.8) is 0 Å². The minimum atomic E-state index is -3.72.